The minimum Gasteiger partial charge on any atom is -0.382 e. The van der Waals surface area contributed by atoms with Crippen LogP contribution in [0.3, 0.4) is 0 Å². The van der Waals surface area contributed by atoms with Gasteiger partial charge in [0.05, 0.1) is 28.9 Å². The molecule has 2 aromatic rings. The number of nitrogens with zero attached hydrogens (tertiary/aromatic N) is 3. The second kappa shape index (κ2) is 8.68. The fourth-order valence-electron chi connectivity index (χ4n) is 2.43. The van der Waals surface area contributed by atoms with E-state index in [9.17, 15) is 9.59 Å². The fourth-order valence-corrected chi connectivity index (χ4v) is 2.63. The Hall–Kier alpha value is -2.58. The van der Waals surface area contributed by atoms with Crippen LogP contribution in [0.15, 0.2) is 30.5 Å². The zero-order valence-corrected chi connectivity index (χ0v) is 15.9. The molecule has 0 unspecified atom stereocenters. The number of rotatable bonds is 6. The highest BCUT2D eigenvalue weighted by atomic mass is 35.5. The molecule has 1 atom stereocenters. The average molecular weight is 380 g/mol. The van der Waals surface area contributed by atoms with Crippen molar-refractivity contribution in [2.75, 3.05) is 33.1 Å². The Morgan fingerprint density at radius 3 is 2.65 bits per heavy atom. The molecule has 1 heterocycles. The van der Waals surface area contributed by atoms with Crippen molar-refractivity contribution < 1.29 is 14.3 Å². The zero-order chi connectivity index (χ0) is 19.3. The van der Waals surface area contributed by atoms with E-state index in [1.165, 1.54) is 4.90 Å². The second-order valence-corrected chi connectivity index (χ2v) is 6.29. The van der Waals surface area contributed by atoms with Crippen LogP contribution in [0, 0.1) is 0 Å². The third kappa shape index (κ3) is 4.74. The lowest BCUT2D eigenvalue weighted by Gasteiger charge is -2.19. The van der Waals surface area contributed by atoms with Crippen molar-refractivity contribution in [3.63, 3.8) is 0 Å². The number of nitrogens with one attached hydrogen (secondary N) is 2. The first-order valence-corrected chi connectivity index (χ1v) is 8.26. The van der Waals surface area contributed by atoms with Crippen LogP contribution >= 0.6 is 11.6 Å². The maximum absolute atomic E-state index is 12.4. The summed E-state index contributed by atoms with van der Waals surface area (Å²) in [5, 5.41) is 9.96. The van der Waals surface area contributed by atoms with Gasteiger partial charge in [0.15, 0.2) is 0 Å². The number of aryl methyl sites for hydroxylation is 1. The van der Waals surface area contributed by atoms with Gasteiger partial charge in [-0.15, -0.1) is 0 Å². The van der Waals surface area contributed by atoms with Crippen LogP contribution in [-0.4, -0.2) is 54.4 Å². The largest absolute Gasteiger partial charge is 0.382 e. The molecule has 0 aliphatic heterocycles. The summed E-state index contributed by atoms with van der Waals surface area (Å²) >= 11 is 6.08. The molecule has 0 aliphatic rings. The molecule has 0 bridgehead atoms. The number of halogens is 1. The van der Waals surface area contributed by atoms with Crippen LogP contribution in [0.25, 0.3) is 0 Å². The first kappa shape index (κ1) is 19.7. The molecule has 1 aromatic heterocycles. The highest BCUT2D eigenvalue weighted by Crippen LogP contribution is 2.22. The van der Waals surface area contributed by atoms with Crippen LogP contribution in [-0.2, 0) is 11.8 Å². The summed E-state index contributed by atoms with van der Waals surface area (Å²) in [6.07, 6.45) is 1.65. The zero-order valence-electron chi connectivity index (χ0n) is 15.1. The summed E-state index contributed by atoms with van der Waals surface area (Å²) in [6, 6.07) is 5.74. The van der Waals surface area contributed by atoms with Gasteiger partial charge in [-0.1, -0.05) is 11.6 Å². The topological polar surface area (TPSA) is 88.5 Å². The molecule has 3 amide bonds. The molecule has 0 fully saturated rings. The van der Waals surface area contributed by atoms with Crippen molar-refractivity contribution >= 4 is 29.2 Å². The van der Waals surface area contributed by atoms with Gasteiger partial charge in [-0.25, -0.2) is 4.79 Å². The molecule has 140 valence electrons. The van der Waals surface area contributed by atoms with E-state index in [0.29, 0.717) is 16.3 Å². The van der Waals surface area contributed by atoms with Crippen molar-refractivity contribution in [3.05, 3.63) is 46.7 Å². The Bertz CT molecular complexity index is 790. The first-order valence-electron chi connectivity index (χ1n) is 7.89. The number of benzene rings is 1. The van der Waals surface area contributed by atoms with Crippen molar-refractivity contribution in [1.29, 1.82) is 0 Å². The third-order valence-electron chi connectivity index (χ3n) is 3.72. The molecular weight excluding hydrogens is 358 g/mol. The van der Waals surface area contributed by atoms with Crippen LogP contribution in [0.1, 0.15) is 22.1 Å². The molecule has 1 aromatic carbocycles. The summed E-state index contributed by atoms with van der Waals surface area (Å²) < 4.78 is 6.84. The number of amides is 3. The number of hydrogen-bond acceptors (Lipinski definition) is 4. The van der Waals surface area contributed by atoms with E-state index >= 15 is 0 Å². The Kier molecular flexibility index (Phi) is 6.59. The minimum absolute atomic E-state index is 0.244. The number of hydrogen-bond donors (Lipinski definition) is 2. The highest BCUT2D eigenvalue weighted by Gasteiger charge is 2.19. The Labute approximate surface area is 157 Å². The van der Waals surface area contributed by atoms with Gasteiger partial charge in [0.1, 0.15) is 0 Å². The van der Waals surface area contributed by atoms with Crippen LogP contribution in [0.5, 0.6) is 0 Å². The summed E-state index contributed by atoms with van der Waals surface area (Å²) in [7, 11) is 6.61. The average Bonchev–Trinajstić information content (AvgIpc) is 3.01. The summed E-state index contributed by atoms with van der Waals surface area (Å²) in [5.74, 6) is -0.244. The SMILES string of the molecule is COC[C@H](NC(=O)Nc1ccc(Cl)c(C(=O)N(C)C)c1)c1ccnn1C. The van der Waals surface area contributed by atoms with Gasteiger partial charge in [-0.3, -0.25) is 9.48 Å². The van der Waals surface area contributed by atoms with Crippen molar-refractivity contribution in [2.45, 2.75) is 6.04 Å². The summed E-state index contributed by atoms with van der Waals surface area (Å²) in [6.45, 7) is 0.290. The quantitative estimate of drug-likeness (QED) is 0.805. The van der Waals surface area contributed by atoms with E-state index in [2.05, 4.69) is 15.7 Å². The Morgan fingerprint density at radius 2 is 2.08 bits per heavy atom. The third-order valence-corrected chi connectivity index (χ3v) is 4.04. The number of urea groups is 1. The van der Waals surface area contributed by atoms with E-state index < -0.39 is 6.03 Å². The maximum atomic E-state index is 12.4. The predicted octanol–water partition coefficient (Wildman–Crippen LogP) is 2.28. The Morgan fingerprint density at radius 1 is 1.35 bits per heavy atom. The van der Waals surface area contributed by atoms with Crippen LogP contribution in [0.4, 0.5) is 10.5 Å². The molecule has 0 saturated heterocycles. The molecule has 0 saturated carbocycles. The molecule has 8 nitrogen and oxygen atoms in total. The van der Waals surface area contributed by atoms with E-state index in [0.717, 1.165) is 5.69 Å². The van der Waals surface area contributed by atoms with Crippen molar-refractivity contribution in [1.82, 2.24) is 20.0 Å². The van der Waals surface area contributed by atoms with Crippen LogP contribution < -0.4 is 10.6 Å². The number of aromatic nitrogens is 2. The lowest BCUT2D eigenvalue weighted by atomic mass is 10.1. The van der Waals surface area contributed by atoms with E-state index in [1.807, 2.05) is 0 Å². The van der Waals surface area contributed by atoms with Gasteiger partial charge in [0, 0.05) is 40.1 Å². The van der Waals surface area contributed by atoms with Crippen molar-refractivity contribution in [2.24, 2.45) is 7.05 Å². The summed E-state index contributed by atoms with van der Waals surface area (Å²) in [4.78, 5) is 25.9. The Balaban J connectivity index is 2.12. The monoisotopic (exact) mass is 379 g/mol. The molecule has 0 radical (unpaired) electrons. The molecule has 2 rings (SSSR count). The summed E-state index contributed by atoms with van der Waals surface area (Å²) in [5.41, 5.74) is 1.58. The van der Waals surface area contributed by atoms with Gasteiger partial charge >= 0.3 is 6.03 Å². The first-order chi connectivity index (χ1) is 12.3. The number of carbonyl (C=O) groups is 2. The molecule has 0 aliphatic carbocycles. The van der Waals surface area contributed by atoms with E-state index in [4.69, 9.17) is 16.3 Å². The molecule has 0 spiro atoms. The molecule has 9 heteroatoms. The number of anilines is 1. The highest BCUT2D eigenvalue weighted by molar-refractivity contribution is 6.34. The van der Waals surface area contributed by atoms with Gasteiger partial charge in [0.25, 0.3) is 5.91 Å². The van der Waals surface area contributed by atoms with Gasteiger partial charge in [-0.05, 0) is 24.3 Å². The lowest BCUT2D eigenvalue weighted by Crippen LogP contribution is -2.35. The smallest absolute Gasteiger partial charge is 0.319 e. The standard InChI is InChI=1S/C17H22ClN5O3/c1-22(2)16(24)12-9-11(5-6-13(12)18)20-17(25)21-14(10-26-4)15-7-8-19-23(15)3/h5-9,14H,10H2,1-4H3,(H2,20,21,25)/t14-/m0/s1. The number of carbonyl (C=O) groups excluding carboxylic acids is 2. The van der Waals surface area contributed by atoms with Gasteiger partial charge in [-0.2, -0.15) is 5.10 Å². The maximum Gasteiger partial charge on any atom is 0.319 e. The molecular formula is C17H22ClN5O3. The normalized spacial score (nSPS) is 11.7. The molecule has 26 heavy (non-hydrogen) atoms. The van der Waals surface area contributed by atoms with Gasteiger partial charge < -0.3 is 20.3 Å². The van der Waals surface area contributed by atoms with Gasteiger partial charge in [0.2, 0.25) is 0 Å². The lowest BCUT2D eigenvalue weighted by molar-refractivity contribution is 0.0828. The minimum atomic E-state index is -0.432. The fraction of sp³-hybridized carbons (Fsp3) is 0.353. The number of methoxy groups -OCH3 is 1. The van der Waals surface area contributed by atoms with Crippen molar-refractivity contribution in [3.8, 4) is 0 Å². The predicted molar refractivity (Wildman–Crippen MR) is 99.4 cm³/mol. The van der Waals surface area contributed by atoms with E-state index in [-0.39, 0.29) is 18.6 Å². The number of ether oxygens (including phenoxy) is 1. The second-order valence-electron chi connectivity index (χ2n) is 5.88. The van der Waals surface area contributed by atoms with Crippen LogP contribution in [0.2, 0.25) is 5.02 Å². The van der Waals surface area contributed by atoms with E-state index in [1.54, 1.807) is 63.4 Å². The molecule has 2 N–H and O–H groups in total.